The largest absolute Gasteiger partial charge is 0.244 e. The molecule has 0 spiro atoms. The molecule has 80 valence electrons. The zero-order chi connectivity index (χ0) is 10.7. The van der Waals surface area contributed by atoms with Crippen molar-refractivity contribution in [3.8, 4) is 0 Å². The van der Waals surface area contributed by atoms with Gasteiger partial charge < -0.3 is 0 Å². The Bertz CT molecular complexity index is 353. The smallest absolute Gasteiger partial charge is 0.0654 e. The number of hydrogen-bond acceptors (Lipinski definition) is 2. The van der Waals surface area contributed by atoms with Crippen LogP contribution >= 0.6 is 0 Å². The van der Waals surface area contributed by atoms with Crippen molar-refractivity contribution >= 4 is 6.08 Å². The van der Waals surface area contributed by atoms with E-state index in [0.717, 1.165) is 13.1 Å². The average Bonchev–Trinajstić information content (AvgIpc) is 2.69. The van der Waals surface area contributed by atoms with Gasteiger partial charge in [0.25, 0.3) is 0 Å². The highest BCUT2D eigenvalue weighted by atomic mass is 15.5. The Kier molecular flexibility index (Phi) is 3.19. The second-order valence-electron chi connectivity index (χ2n) is 3.77. The second-order valence-corrected chi connectivity index (χ2v) is 3.77. The molecule has 0 heterocycles. The van der Waals surface area contributed by atoms with Gasteiger partial charge in [0.05, 0.1) is 6.04 Å². The summed E-state index contributed by atoms with van der Waals surface area (Å²) in [5.74, 6) is 0. The molecule has 2 rings (SSSR count). The molecule has 0 saturated carbocycles. The average molecular weight is 202 g/mol. The van der Waals surface area contributed by atoms with Crippen LogP contribution in [0.4, 0.5) is 0 Å². The van der Waals surface area contributed by atoms with Gasteiger partial charge in [-0.15, -0.1) is 0 Å². The standard InChI is InChI=1S/C13H18N2/c1-3-15(4-2)14-13-10-9-11-7-5-6-8-12(11)13/h5-10,13-14H,3-4H2,1-2H3. The Hall–Kier alpha value is -1.12. The molecule has 0 aromatic heterocycles. The van der Waals surface area contributed by atoms with Gasteiger partial charge in [0.15, 0.2) is 0 Å². The van der Waals surface area contributed by atoms with E-state index in [9.17, 15) is 0 Å². The predicted octanol–water partition coefficient (Wildman–Crippen LogP) is 2.60. The highest BCUT2D eigenvalue weighted by Crippen LogP contribution is 2.27. The summed E-state index contributed by atoms with van der Waals surface area (Å²) >= 11 is 0. The van der Waals surface area contributed by atoms with Gasteiger partial charge in [0.2, 0.25) is 0 Å². The number of nitrogens with zero attached hydrogens (tertiary/aromatic N) is 1. The van der Waals surface area contributed by atoms with Gasteiger partial charge in [0, 0.05) is 13.1 Å². The van der Waals surface area contributed by atoms with Crippen LogP contribution in [0.1, 0.15) is 31.0 Å². The molecule has 1 N–H and O–H groups in total. The van der Waals surface area contributed by atoms with Crippen LogP contribution in [0, 0.1) is 0 Å². The molecule has 2 nitrogen and oxygen atoms in total. The maximum Gasteiger partial charge on any atom is 0.0654 e. The third-order valence-electron chi connectivity index (χ3n) is 2.88. The first-order chi connectivity index (χ1) is 7.35. The summed E-state index contributed by atoms with van der Waals surface area (Å²) in [4.78, 5) is 0. The molecule has 1 aliphatic rings. The number of hydrogen-bond donors (Lipinski definition) is 1. The SMILES string of the molecule is CCN(CC)NC1C=Cc2ccccc21. The minimum atomic E-state index is 0.348. The normalized spacial score (nSPS) is 18.5. The zero-order valence-electron chi connectivity index (χ0n) is 9.40. The van der Waals surface area contributed by atoms with Crippen LogP contribution in [0.2, 0.25) is 0 Å². The van der Waals surface area contributed by atoms with E-state index in [1.165, 1.54) is 11.1 Å². The summed E-state index contributed by atoms with van der Waals surface area (Å²) in [7, 11) is 0. The maximum atomic E-state index is 3.52. The lowest BCUT2D eigenvalue weighted by Gasteiger charge is -2.24. The number of rotatable bonds is 4. The van der Waals surface area contributed by atoms with Crippen LogP contribution in [-0.4, -0.2) is 18.1 Å². The third-order valence-corrected chi connectivity index (χ3v) is 2.88. The monoisotopic (exact) mass is 202 g/mol. The van der Waals surface area contributed by atoms with Crippen molar-refractivity contribution in [1.82, 2.24) is 10.4 Å². The van der Waals surface area contributed by atoms with Crippen molar-refractivity contribution in [2.75, 3.05) is 13.1 Å². The molecule has 0 saturated heterocycles. The minimum absolute atomic E-state index is 0.348. The van der Waals surface area contributed by atoms with E-state index in [0.29, 0.717) is 6.04 Å². The fraction of sp³-hybridized carbons (Fsp3) is 0.385. The summed E-state index contributed by atoms with van der Waals surface area (Å²) in [6.45, 7) is 6.40. The fourth-order valence-electron chi connectivity index (χ4n) is 1.96. The fourth-order valence-corrected chi connectivity index (χ4v) is 1.96. The van der Waals surface area contributed by atoms with Crippen LogP contribution in [0.15, 0.2) is 30.3 Å². The summed E-state index contributed by atoms with van der Waals surface area (Å²) in [5.41, 5.74) is 6.23. The molecule has 1 atom stereocenters. The summed E-state index contributed by atoms with van der Waals surface area (Å²) in [5, 5.41) is 2.23. The van der Waals surface area contributed by atoms with Crippen LogP contribution in [0.25, 0.3) is 6.08 Å². The molecule has 0 fully saturated rings. The van der Waals surface area contributed by atoms with Gasteiger partial charge in [-0.1, -0.05) is 50.3 Å². The van der Waals surface area contributed by atoms with Gasteiger partial charge in [-0.05, 0) is 11.1 Å². The van der Waals surface area contributed by atoms with Gasteiger partial charge in [0.1, 0.15) is 0 Å². The van der Waals surface area contributed by atoms with E-state index in [1.807, 2.05) is 0 Å². The van der Waals surface area contributed by atoms with E-state index in [-0.39, 0.29) is 0 Å². The second kappa shape index (κ2) is 4.60. The first-order valence-electron chi connectivity index (χ1n) is 5.63. The lowest BCUT2D eigenvalue weighted by Crippen LogP contribution is -2.39. The van der Waals surface area contributed by atoms with Crippen LogP contribution < -0.4 is 5.43 Å². The van der Waals surface area contributed by atoms with Gasteiger partial charge in [-0.3, -0.25) is 0 Å². The third kappa shape index (κ3) is 2.11. The highest BCUT2D eigenvalue weighted by molar-refractivity contribution is 5.61. The first-order valence-corrected chi connectivity index (χ1v) is 5.63. The van der Waals surface area contributed by atoms with E-state index in [1.54, 1.807) is 0 Å². The van der Waals surface area contributed by atoms with Gasteiger partial charge in [-0.25, -0.2) is 10.4 Å². The topological polar surface area (TPSA) is 15.3 Å². The number of fused-ring (bicyclic) bond motifs is 1. The molecule has 0 radical (unpaired) electrons. The number of benzene rings is 1. The lowest BCUT2D eigenvalue weighted by molar-refractivity contribution is 0.191. The molecule has 0 aliphatic heterocycles. The Labute approximate surface area is 91.6 Å². The van der Waals surface area contributed by atoms with Crippen molar-refractivity contribution in [1.29, 1.82) is 0 Å². The molecule has 0 amide bonds. The Morgan fingerprint density at radius 3 is 2.67 bits per heavy atom. The molecular weight excluding hydrogens is 184 g/mol. The van der Waals surface area contributed by atoms with E-state index in [4.69, 9.17) is 0 Å². The zero-order valence-corrected chi connectivity index (χ0v) is 9.40. The summed E-state index contributed by atoms with van der Waals surface area (Å²) in [6.07, 6.45) is 4.42. The quantitative estimate of drug-likeness (QED) is 0.755. The highest BCUT2D eigenvalue weighted by Gasteiger charge is 2.17. The first kappa shape index (κ1) is 10.4. The van der Waals surface area contributed by atoms with Crippen molar-refractivity contribution < 1.29 is 0 Å². The van der Waals surface area contributed by atoms with Crippen molar-refractivity contribution in [2.24, 2.45) is 0 Å². The van der Waals surface area contributed by atoms with E-state index < -0.39 is 0 Å². The predicted molar refractivity (Wildman–Crippen MR) is 64.3 cm³/mol. The Morgan fingerprint density at radius 1 is 1.20 bits per heavy atom. The van der Waals surface area contributed by atoms with Crippen molar-refractivity contribution in [3.63, 3.8) is 0 Å². The molecule has 2 heteroatoms. The summed E-state index contributed by atoms with van der Waals surface area (Å²) in [6, 6.07) is 8.89. The van der Waals surface area contributed by atoms with Crippen LogP contribution in [0.5, 0.6) is 0 Å². The van der Waals surface area contributed by atoms with Gasteiger partial charge >= 0.3 is 0 Å². The van der Waals surface area contributed by atoms with Crippen molar-refractivity contribution in [2.45, 2.75) is 19.9 Å². The summed E-state index contributed by atoms with van der Waals surface area (Å²) < 4.78 is 0. The maximum absolute atomic E-state index is 3.52. The molecule has 0 bridgehead atoms. The molecule has 1 aromatic carbocycles. The molecule has 1 aliphatic carbocycles. The molecule has 1 aromatic rings. The van der Waals surface area contributed by atoms with E-state index in [2.05, 4.69) is 60.7 Å². The van der Waals surface area contributed by atoms with Crippen LogP contribution in [-0.2, 0) is 0 Å². The Balaban J connectivity index is 2.11. The minimum Gasteiger partial charge on any atom is -0.244 e. The lowest BCUT2D eigenvalue weighted by atomic mass is 10.1. The van der Waals surface area contributed by atoms with Crippen LogP contribution in [0.3, 0.4) is 0 Å². The van der Waals surface area contributed by atoms with E-state index >= 15 is 0 Å². The molecule has 1 unspecified atom stereocenters. The van der Waals surface area contributed by atoms with Gasteiger partial charge in [-0.2, -0.15) is 0 Å². The Morgan fingerprint density at radius 2 is 1.93 bits per heavy atom. The van der Waals surface area contributed by atoms with Crippen molar-refractivity contribution in [3.05, 3.63) is 41.5 Å². The number of hydrazine groups is 1. The number of nitrogens with one attached hydrogen (secondary N) is 1. The molecule has 15 heavy (non-hydrogen) atoms. The molecular formula is C13H18N2.